The number of rotatable bonds is 3. The van der Waals surface area contributed by atoms with E-state index in [1.54, 1.807) is 22.6 Å². The van der Waals surface area contributed by atoms with Gasteiger partial charge in [0.1, 0.15) is 5.60 Å². The highest BCUT2D eigenvalue weighted by atomic mass is 127. The summed E-state index contributed by atoms with van der Waals surface area (Å²) in [5, 5.41) is 0. The van der Waals surface area contributed by atoms with Crippen LogP contribution < -0.4 is 0 Å². The van der Waals surface area contributed by atoms with E-state index in [1.807, 2.05) is 20.8 Å². The van der Waals surface area contributed by atoms with E-state index in [2.05, 4.69) is 0 Å². The molecule has 0 heterocycles. The molecule has 0 spiro atoms. The molecule has 0 aliphatic rings. The predicted octanol–water partition coefficient (Wildman–Crippen LogP) is 3.14. The summed E-state index contributed by atoms with van der Waals surface area (Å²) in [6.07, 6.45) is 1.75. The Morgan fingerprint density at radius 3 is 2.00 bits per heavy atom. The molecule has 0 saturated heterocycles. The highest BCUT2D eigenvalue weighted by Gasteiger charge is 2.22. The Kier molecular flexibility index (Phi) is 4.24. The molecule has 10 heavy (non-hydrogen) atoms. The molecule has 0 radical (unpaired) electrons. The van der Waals surface area contributed by atoms with Crippen LogP contribution in [0.4, 0.5) is 4.79 Å². The van der Waals surface area contributed by atoms with Crippen molar-refractivity contribution in [2.24, 2.45) is 0 Å². The van der Waals surface area contributed by atoms with E-state index in [1.165, 1.54) is 0 Å². The van der Waals surface area contributed by atoms with Crippen molar-refractivity contribution >= 4 is 26.6 Å². The van der Waals surface area contributed by atoms with Gasteiger partial charge in [-0.2, -0.15) is 0 Å². The second kappa shape index (κ2) is 4.16. The first-order chi connectivity index (χ1) is 4.54. The largest absolute Gasteiger partial charge is 0.452 e. The second-order valence-corrected chi connectivity index (χ2v) is 3.38. The van der Waals surface area contributed by atoms with Crippen LogP contribution in [0.5, 0.6) is 0 Å². The van der Waals surface area contributed by atoms with Crippen LogP contribution in [0.2, 0.25) is 0 Å². The van der Waals surface area contributed by atoms with Gasteiger partial charge in [-0.25, -0.2) is 4.79 Å². The number of carbonyl (C=O) groups excluding carboxylic acids is 1. The van der Waals surface area contributed by atoms with E-state index in [4.69, 9.17) is 4.74 Å². The average molecular weight is 256 g/mol. The van der Waals surface area contributed by atoms with Gasteiger partial charge < -0.3 is 4.74 Å². The summed E-state index contributed by atoms with van der Waals surface area (Å²) in [5.74, 6) is 0. The lowest BCUT2D eigenvalue weighted by molar-refractivity contribution is 0.0392. The first kappa shape index (κ1) is 10.2. The third kappa shape index (κ3) is 3.39. The molecular formula is C7H13IO2. The summed E-state index contributed by atoms with van der Waals surface area (Å²) in [7, 11) is 0. The quantitative estimate of drug-likeness (QED) is 0.572. The van der Waals surface area contributed by atoms with Crippen LogP contribution in [0.3, 0.4) is 0 Å². The van der Waals surface area contributed by atoms with E-state index in [9.17, 15) is 4.79 Å². The van der Waals surface area contributed by atoms with Crippen molar-refractivity contribution in [3.05, 3.63) is 0 Å². The molecule has 0 aromatic rings. The van der Waals surface area contributed by atoms with Gasteiger partial charge in [0, 0.05) is 0 Å². The second-order valence-electron chi connectivity index (χ2n) is 2.50. The van der Waals surface area contributed by atoms with Gasteiger partial charge in [0.15, 0.2) is 0 Å². The zero-order chi connectivity index (χ0) is 8.20. The zero-order valence-corrected chi connectivity index (χ0v) is 8.77. The standard InChI is InChI=1S/C7H13IO2/c1-4-7(3,5-2)10-6(8)9/h4-5H2,1-3H3. The van der Waals surface area contributed by atoms with Crippen LogP contribution in [0.1, 0.15) is 33.6 Å². The average Bonchev–Trinajstić information content (AvgIpc) is 1.87. The molecule has 0 N–H and O–H groups in total. The maximum atomic E-state index is 10.5. The fourth-order valence-electron chi connectivity index (χ4n) is 0.588. The molecule has 3 heteroatoms. The molecule has 0 atom stereocenters. The number of hydrogen-bond acceptors (Lipinski definition) is 2. The van der Waals surface area contributed by atoms with Crippen LogP contribution in [0.25, 0.3) is 0 Å². The number of halogens is 1. The maximum Gasteiger partial charge on any atom is 0.367 e. The minimum atomic E-state index is -0.252. The molecule has 0 aromatic heterocycles. The summed E-state index contributed by atoms with van der Waals surface area (Å²) < 4.78 is 4.87. The molecule has 60 valence electrons. The fourth-order valence-corrected chi connectivity index (χ4v) is 1.12. The molecule has 0 bridgehead atoms. The van der Waals surface area contributed by atoms with Gasteiger partial charge in [0.2, 0.25) is 0 Å². The zero-order valence-electron chi connectivity index (χ0n) is 6.61. The topological polar surface area (TPSA) is 26.3 Å². The lowest BCUT2D eigenvalue weighted by atomic mass is 10.0. The van der Waals surface area contributed by atoms with Gasteiger partial charge in [0.25, 0.3) is 0 Å². The Morgan fingerprint density at radius 2 is 1.90 bits per heavy atom. The van der Waals surface area contributed by atoms with Crippen molar-refractivity contribution < 1.29 is 9.53 Å². The molecule has 0 rings (SSSR count). The Balaban J connectivity index is 3.92. The SMILES string of the molecule is CCC(C)(CC)OC(=O)I. The summed E-state index contributed by atoms with van der Waals surface area (Å²) in [6, 6.07) is 0. The maximum absolute atomic E-state index is 10.5. The normalized spacial score (nSPS) is 11.2. The van der Waals surface area contributed by atoms with Crippen molar-refractivity contribution in [3.63, 3.8) is 0 Å². The number of hydrogen-bond donors (Lipinski definition) is 0. The van der Waals surface area contributed by atoms with Crippen LogP contribution in [0, 0.1) is 0 Å². The minimum absolute atomic E-state index is 0.219. The summed E-state index contributed by atoms with van der Waals surface area (Å²) in [4.78, 5) is 10.5. The van der Waals surface area contributed by atoms with Gasteiger partial charge in [-0.15, -0.1) is 0 Å². The van der Waals surface area contributed by atoms with Crippen molar-refractivity contribution in [2.75, 3.05) is 0 Å². The van der Waals surface area contributed by atoms with Crippen molar-refractivity contribution in [1.82, 2.24) is 0 Å². The lowest BCUT2D eigenvalue weighted by Crippen LogP contribution is -2.27. The van der Waals surface area contributed by atoms with E-state index >= 15 is 0 Å². The highest BCUT2D eigenvalue weighted by Crippen LogP contribution is 2.20. The molecule has 0 unspecified atom stereocenters. The summed E-state index contributed by atoms with van der Waals surface area (Å²) in [5.41, 5.74) is -0.252. The number of ether oxygens (including phenoxy) is 1. The van der Waals surface area contributed by atoms with Crippen LogP contribution in [-0.4, -0.2) is 9.58 Å². The van der Waals surface area contributed by atoms with Gasteiger partial charge >= 0.3 is 3.98 Å². The van der Waals surface area contributed by atoms with Crippen molar-refractivity contribution in [1.29, 1.82) is 0 Å². The van der Waals surface area contributed by atoms with E-state index in [-0.39, 0.29) is 9.58 Å². The third-order valence-electron chi connectivity index (χ3n) is 1.82. The Labute approximate surface area is 75.5 Å². The van der Waals surface area contributed by atoms with Gasteiger partial charge in [-0.05, 0) is 19.8 Å². The van der Waals surface area contributed by atoms with Crippen LogP contribution in [0.15, 0.2) is 0 Å². The first-order valence-corrected chi connectivity index (χ1v) is 4.50. The molecule has 2 nitrogen and oxygen atoms in total. The molecule has 0 amide bonds. The van der Waals surface area contributed by atoms with Crippen molar-refractivity contribution in [3.8, 4) is 0 Å². The first-order valence-electron chi connectivity index (χ1n) is 3.42. The van der Waals surface area contributed by atoms with Gasteiger partial charge in [0.05, 0.1) is 22.6 Å². The Bertz CT molecular complexity index is 119. The van der Waals surface area contributed by atoms with E-state index < -0.39 is 0 Å². The Morgan fingerprint density at radius 1 is 1.50 bits per heavy atom. The third-order valence-corrected chi connectivity index (χ3v) is 2.04. The van der Waals surface area contributed by atoms with Gasteiger partial charge in [-0.3, -0.25) is 0 Å². The fraction of sp³-hybridized carbons (Fsp3) is 0.857. The molecule has 0 saturated carbocycles. The minimum Gasteiger partial charge on any atom is -0.452 e. The molecule has 0 aliphatic heterocycles. The van der Waals surface area contributed by atoms with Gasteiger partial charge in [-0.1, -0.05) is 13.8 Å². The monoisotopic (exact) mass is 256 g/mol. The summed E-state index contributed by atoms with van der Waals surface area (Å²) in [6.45, 7) is 5.98. The van der Waals surface area contributed by atoms with Crippen LogP contribution in [-0.2, 0) is 4.74 Å². The summed E-state index contributed by atoms with van der Waals surface area (Å²) >= 11 is 1.65. The van der Waals surface area contributed by atoms with E-state index in [0.29, 0.717) is 0 Å². The van der Waals surface area contributed by atoms with E-state index in [0.717, 1.165) is 12.8 Å². The smallest absolute Gasteiger partial charge is 0.367 e. The molecule has 0 aliphatic carbocycles. The predicted molar refractivity (Wildman–Crippen MR) is 49.5 cm³/mol. The highest BCUT2D eigenvalue weighted by molar-refractivity contribution is 14.1. The van der Waals surface area contributed by atoms with Crippen LogP contribution >= 0.6 is 22.6 Å². The molecule has 0 aromatic carbocycles. The Hall–Kier alpha value is 0.200. The lowest BCUT2D eigenvalue weighted by Gasteiger charge is -2.25. The van der Waals surface area contributed by atoms with Crippen molar-refractivity contribution in [2.45, 2.75) is 39.2 Å². The number of carbonyl (C=O) groups is 1. The molecule has 0 fully saturated rings. The molecular weight excluding hydrogens is 243 g/mol.